The van der Waals surface area contributed by atoms with Crippen molar-refractivity contribution in [2.24, 2.45) is 5.73 Å². The first-order valence-electron chi connectivity index (χ1n) is 5.06. The van der Waals surface area contributed by atoms with Gasteiger partial charge in [-0.1, -0.05) is 6.07 Å². The number of morpholine rings is 1. The summed E-state index contributed by atoms with van der Waals surface area (Å²) < 4.78 is 18.3. The van der Waals surface area contributed by atoms with Gasteiger partial charge >= 0.3 is 0 Å². The van der Waals surface area contributed by atoms with E-state index in [0.29, 0.717) is 0 Å². The molecule has 2 rings (SSSR count). The molecule has 1 aliphatic rings. The van der Waals surface area contributed by atoms with Crippen molar-refractivity contribution in [3.8, 4) is 0 Å². The second-order valence-corrected chi connectivity index (χ2v) is 3.56. The van der Waals surface area contributed by atoms with E-state index in [0.717, 1.165) is 4.90 Å². The van der Waals surface area contributed by atoms with Crippen LogP contribution in [0.2, 0.25) is 0 Å². The predicted octanol–water partition coefficient (Wildman–Crippen LogP) is 0.174. The summed E-state index contributed by atoms with van der Waals surface area (Å²) in [4.78, 5) is 24.1. The van der Waals surface area contributed by atoms with E-state index in [1.54, 1.807) is 0 Å². The van der Waals surface area contributed by atoms with Crippen LogP contribution < -0.4 is 10.6 Å². The van der Waals surface area contributed by atoms with Crippen molar-refractivity contribution in [2.75, 3.05) is 18.1 Å². The summed E-state index contributed by atoms with van der Waals surface area (Å²) >= 11 is 0. The van der Waals surface area contributed by atoms with Crippen LogP contribution in [0.5, 0.6) is 0 Å². The Hall–Kier alpha value is -1.79. The number of hydrogen-bond donors (Lipinski definition) is 1. The molecular formula is C11H11FN2O3. The third-order valence-electron chi connectivity index (χ3n) is 2.49. The minimum atomic E-state index is -0.530. The minimum Gasteiger partial charge on any atom is -0.362 e. The molecule has 1 aromatic rings. The Kier molecular flexibility index (Phi) is 3.16. The molecule has 1 aliphatic heterocycles. The first kappa shape index (κ1) is 11.7. The Balaban J connectivity index is 2.48. The molecule has 1 saturated heterocycles. The molecule has 0 radical (unpaired) electrons. The maximum atomic E-state index is 13.5. The Morgan fingerprint density at radius 1 is 1.29 bits per heavy atom. The van der Waals surface area contributed by atoms with Gasteiger partial charge in [-0.05, 0) is 12.1 Å². The molecular weight excluding hydrogens is 227 g/mol. The molecule has 2 amide bonds. The highest BCUT2D eigenvalue weighted by Crippen LogP contribution is 2.24. The molecule has 0 atom stereocenters. The topological polar surface area (TPSA) is 72.6 Å². The molecule has 0 spiro atoms. The number of nitrogens with two attached hydrogens (primary N) is 1. The van der Waals surface area contributed by atoms with Crippen LogP contribution >= 0.6 is 0 Å². The normalized spacial score (nSPS) is 16.5. The Labute approximate surface area is 97.0 Å². The van der Waals surface area contributed by atoms with Crippen molar-refractivity contribution in [2.45, 2.75) is 6.54 Å². The van der Waals surface area contributed by atoms with Crippen molar-refractivity contribution in [3.05, 3.63) is 29.6 Å². The van der Waals surface area contributed by atoms with Gasteiger partial charge in [-0.2, -0.15) is 0 Å². The number of benzene rings is 1. The number of anilines is 1. The second kappa shape index (κ2) is 4.60. The lowest BCUT2D eigenvalue weighted by molar-refractivity contribution is -0.138. The lowest BCUT2D eigenvalue weighted by atomic mass is 10.1. The van der Waals surface area contributed by atoms with Crippen LogP contribution in [-0.2, 0) is 20.9 Å². The fourth-order valence-electron chi connectivity index (χ4n) is 1.72. The van der Waals surface area contributed by atoms with Gasteiger partial charge < -0.3 is 10.5 Å². The van der Waals surface area contributed by atoms with Crippen molar-refractivity contribution in [1.29, 1.82) is 0 Å². The van der Waals surface area contributed by atoms with Crippen molar-refractivity contribution in [3.63, 3.8) is 0 Å². The number of carbonyl (C=O) groups is 2. The van der Waals surface area contributed by atoms with E-state index in [-0.39, 0.29) is 31.0 Å². The van der Waals surface area contributed by atoms with Gasteiger partial charge in [-0.3, -0.25) is 9.59 Å². The summed E-state index contributed by atoms with van der Waals surface area (Å²) in [6, 6.07) is 4.16. The SMILES string of the molecule is NCc1c(F)cccc1N1C(=O)COCC1=O. The van der Waals surface area contributed by atoms with Crippen LogP contribution in [0.25, 0.3) is 0 Å². The summed E-state index contributed by atoms with van der Waals surface area (Å²) in [6.07, 6.45) is 0. The number of ether oxygens (including phenoxy) is 1. The van der Waals surface area contributed by atoms with Gasteiger partial charge in [-0.25, -0.2) is 9.29 Å². The number of rotatable bonds is 2. The molecule has 90 valence electrons. The molecule has 1 heterocycles. The van der Waals surface area contributed by atoms with Gasteiger partial charge in [0.1, 0.15) is 19.0 Å². The highest BCUT2D eigenvalue weighted by molar-refractivity contribution is 6.17. The van der Waals surface area contributed by atoms with Crippen LogP contribution in [-0.4, -0.2) is 25.0 Å². The first-order valence-corrected chi connectivity index (χ1v) is 5.06. The number of hydrogen-bond acceptors (Lipinski definition) is 4. The number of amides is 2. The molecule has 6 heteroatoms. The zero-order chi connectivity index (χ0) is 12.4. The molecule has 2 N–H and O–H groups in total. The summed E-state index contributed by atoms with van der Waals surface area (Å²) in [6.45, 7) is -0.460. The van der Waals surface area contributed by atoms with Crippen LogP contribution in [0.3, 0.4) is 0 Å². The fourth-order valence-corrected chi connectivity index (χ4v) is 1.72. The zero-order valence-corrected chi connectivity index (χ0v) is 8.98. The van der Waals surface area contributed by atoms with Gasteiger partial charge in [-0.15, -0.1) is 0 Å². The van der Waals surface area contributed by atoms with Crippen LogP contribution in [0.15, 0.2) is 18.2 Å². The van der Waals surface area contributed by atoms with E-state index >= 15 is 0 Å². The predicted molar refractivity (Wildman–Crippen MR) is 57.6 cm³/mol. The lowest BCUT2D eigenvalue weighted by Gasteiger charge is -2.26. The molecule has 5 nitrogen and oxygen atoms in total. The number of carbonyl (C=O) groups excluding carboxylic acids is 2. The van der Waals surface area contributed by atoms with E-state index in [1.165, 1.54) is 18.2 Å². The molecule has 0 aliphatic carbocycles. The van der Waals surface area contributed by atoms with Gasteiger partial charge in [0.25, 0.3) is 11.8 Å². The van der Waals surface area contributed by atoms with E-state index in [1.807, 2.05) is 0 Å². The zero-order valence-electron chi connectivity index (χ0n) is 8.98. The average Bonchev–Trinajstić information content (AvgIpc) is 2.29. The van der Waals surface area contributed by atoms with Gasteiger partial charge in [0.2, 0.25) is 0 Å². The molecule has 1 fully saturated rings. The first-order chi connectivity index (χ1) is 8.15. The summed E-state index contributed by atoms with van der Waals surface area (Å²) in [5, 5.41) is 0. The highest BCUT2D eigenvalue weighted by atomic mass is 19.1. The molecule has 0 bridgehead atoms. The van der Waals surface area contributed by atoms with Gasteiger partial charge in [0.15, 0.2) is 0 Å². The molecule has 0 aromatic heterocycles. The maximum absolute atomic E-state index is 13.5. The second-order valence-electron chi connectivity index (χ2n) is 3.56. The van der Waals surface area contributed by atoms with Crippen molar-refractivity contribution in [1.82, 2.24) is 0 Å². The summed E-state index contributed by atoms with van der Waals surface area (Å²) in [7, 11) is 0. The standard InChI is InChI=1S/C11H11FN2O3/c12-8-2-1-3-9(7(8)4-13)14-10(15)5-17-6-11(14)16/h1-3H,4-6,13H2. The van der Waals surface area contributed by atoms with Gasteiger partial charge in [0.05, 0.1) is 5.69 Å². The molecule has 0 unspecified atom stereocenters. The maximum Gasteiger partial charge on any atom is 0.259 e. The van der Waals surface area contributed by atoms with Crippen LogP contribution in [0.1, 0.15) is 5.56 Å². The van der Waals surface area contributed by atoms with Gasteiger partial charge in [0, 0.05) is 12.1 Å². The van der Waals surface area contributed by atoms with E-state index in [2.05, 4.69) is 0 Å². The Morgan fingerprint density at radius 2 is 1.94 bits per heavy atom. The fraction of sp³-hybridized carbons (Fsp3) is 0.273. The van der Waals surface area contributed by atoms with E-state index < -0.39 is 17.6 Å². The molecule has 17 heavy (non-hydrogen) atoms. The summed E-state index contributed by atoms with van der Waals surface area (Å²) in [5.41, 5.74) is 5.78. The van der Waals surface area contributed by atoms with Crippen LogP contribution in [0.4, 0.5) is 10.1 Å². The largest absolute Gasteiger partial charge is 0.362 e. The Bertz CT molecular complexity index is 460. The third kappa shape index (κ3) is 2.04. The Morgan fingerprint density at radius 3 is 2.53 bits per heavy atom. The number of imide groups is 1. The van der Waals surface area contributed by atoms with Crippen LogP contribution in [0, 0.1) is 5.82 Å². The van der Waals surface area contributed by atoms with E-state index in [9.17, 15) is 14.0 Å². The highest BCUT2D eigenvalue weighted by Gasteiger charge is 2.30. The third-order valence-corrected chi connectivity index (χ3v) is 2.49. The number of halogens is 1. The molecule has 0 saturated carbocycles. The lowest BCUT2D eigenvalue weighted by Crippen LogP contribution is -2.47. The van der Waals surface area contributed by atoms with E-state index in [4.69, 9.17) is 10.5 Å². The monoisotopic (exact) mass is 238 g/mol. The van der Waals surface area contributed by atoms with Crippen molar-refractivity contribution < 1.29 is 18.7 Å². The van der Waals surface area contributed by atoms with Crippen molar-refractivity contribution >= 4 is 17.5 Å². The quantitative estimate of drug-likeness (QED) is 0.746. The smallest absolute Gasteiger partial charge is 0.259 e. The average molecular weight is 238 g/mol. The number of nitrogens with zero attached hydrogens (tertiary/aromatic N) is 1. The molecule has 1 aromatic carbocycles. The summed E-state index contributed by atoms with van der Waals surface area (Å²) in [5.74, 6) is -1.56. The minimum absolute atomic E-state index is 0.0834.